The van der Waals surface area contributed by atoms with Crippen molar-refractivity contribution in [1.82, 2.24) is 19.6 Å². The maximum atomic E-state index is 12.9. The number of aromatic nitrogens is 2. The number of hydrogen-bond acceptors (Lipinski definition) is 6. The minimum atomic E-state index is -3.46. The number of rotatable bonds is 6. The lowest BCUT2D eigenvalue weighted by Crippen LogP contribution is -2.43. The summed E-state index contributed by atoms with van der Waals surface area (Å²) >= 11 is 0. The van der Waals surface area contributed by atoms with Crippen LogP contribution >= 0.6 is 0 Å². The van der Waals surface area contributed by atoms with Crippen molar-refractivity contribution in [1.29, 1.82) is 0 Å². The van der Waals surface area contributed by atoms with Gasteiger partial charge in [0.15, 0.2) is 0 Å². The minimum Gasteiger partial charge on any atom is -0.356 e. The molecule has 0 aliphatic carbocycles. The van der Waals surface area contributed by atoms with E-state index in [1.807, 2.05) is 30.3 Å². The van der Waals surface area contributed by atoms with Crippen molar-refractivity contribution < 1.29 is 13.2 Å². The number of hydrogen-bond donors (Lipinski definition) is 1. The number of sulfonamides is 1. The van der Waals surface area contributed by atoms with Crippen LogP contribution in [0.25, 0.3) is 10.9 Å². The van der Waals surface area contributed by atoms with Crippen LogP contribution in [0.4, 0.5) is 5.82 Å². The summed E-state index contributed by atoms with van der Waals surface area (Å²) in [5, 5.41) is 3.80. The van der Waals surface area contributed by atoms with Crippen molar-refractivity contribution in [3.63, 3.8) is 0 Å². The van der Waals surface area contributed by atoms with E-state index in [0.717, 1.165) is 54.6 Å². The van der Waals surface area contributed by atoms with Gasteiger partial charge < -0.3 is 10.2 Å². The van der Waals surface area contributed by atoms with Gasteiger partial charge in [-0.15, -0.1) is 0 Å². The van der Waals surface area contributed by atoms with Gasteiger partial charge in [-0.3, -0.25) is 9.78 Å². The molecular formula is C25H29N5O3S. The first-order valence-corrected chi connectivity index (χ1v) is 13.3. The molecule has 2 saturated heterocycles. The lowest BCUT2D eigenvalue weighted by atomic mass is 9.97. The fraction of sp³-hybridized carbons (Fsp3) is 0.400. The Morgan fingerprint density at radius 2 is 1.88 bits per heavy atom. The van der Waals surface area contributed by atoms with Crippen LogP contribution in [0.3, 0.4) is 0 Å². The van der Waals surface area contributed by atoms with Crippen molar-refractivity contribution in [2.24, 2.45) is 5.92 Å². The Labute approximate surface area is 200 Å². The second-order valence-electron chi connectivity index (χ2n) is 8.96. The molecule has 2 fully saturated rings. The third-order valence-electron chi connectivity index (χ3n) is 6.63. The molecule has 9 heteroatoms. The van der Waals surface area contributed by atoms with Crippen LogP contribution < -0.4 is 10.2 Å². The van der Waals surface area contributed by atoms with Crippen LogP contribution in [0.15, 0.2) is 59.6 Å². The molecule has 0 bridgehead atoms. The molecule has 0 radical (unpaired) electrons. The summed E-state index contributed by atoms with van der Waals surface area (Å²) in [7, 11) is -3.46. The Morgan fingerprint density at radius 1 is 1.03 bits per heavy atom. The molecule has 178 valence electrons. The smallest absolute Gasteiger partial charge is 0.243 e. The van der Waals surface area contributed by atoms with Crippen LogP contribution in [0.1, 0.15) is 31.4 Å². The Morgan fingerprint density at radius 3 is 2.68 bits per heavy atom. The highest BCUT2D eigenvalue weighted by Crippen LogP contribution is 2.27. The number of pyridine rings is 2. The van der Waals surface area contributed by atoms with Crippen LogP contribution in [-0.2, 0) is 21.4 Å². The number of piperidine rings is 1. The number of amides is 1. The van der Waals surface area contributed by atoms with Gasteiger partial charge >= 0.3 is 0 Å². The maximum Gasteiger partial charge on any atom is 0.243 e. The molecule has 5 rings (SSSR count). The van der Waals surface area contributed by atoms with Crippen molar-refractivity contribution in [3.8, 4) is 0 Å². The molecule has 8 nitrogen and oxygen atoms in total. The predicted molar refractivity (Wildman–Crippen MR) is 131 cm³/mol. The molecule has 2 aliphatic rings. The summed E-state index contributed by atoms with van der Waals surface area (Å²) in [6.07, 6.45) is 5.30. The van der Waals surface area contributed by atoms with E-state index in [1.165, 1.54) is 0 Å². The lowest BCUT2D eigenvalue weighted by Gasteiger charge is -2.33. The van der Waals surface area contributed by atoms with Gasteiger partial charge in [0.05, 0.1) is 28.6 Å². The Hall–Kier alpha value is -3.04. The summed E-state index contributed by atoms with van der Waals surface area (Å²) in [5.41, 5.74) is 1.59. The third kappa shape index (κ3) is 4.76. The minimum absolute atomic E-state index is 0.0351. The monoisotopic (exact) mass is 479 g/mol. The van der Waals surface area contributed by atoms with E-state index >= 15 is 0 Å². The molecule has 0 saturated carbocycles. The first kappa shape index (κ1) is 22.7. The summed E-state index contributed by atoms with van der Waals surface area (Å²) in [4.78, 5) is 24.3. The van der Waals surface area contributed by atoms with Crippen molar-refractivity contribution in [3.05, 3.63) is 60.4 Å². The fourth-order valence-corrected chi connectivity index (χ4v) is 6.28. The highest BCUT2D eigenvalue weighted by molar-refractivity contribution is 7.89. The topological polar surface area (TPSA) is 95.5 Å². The summed E-state index contributed by atoms with van der Waals surface area (Å²) in [5.74, 6) is 0.737. The van der Waals surface area contributed by atoms with E-state index in [4.69, 9.17) is 4.98 Å². The number of benzene rings is 1. The summed E-state index contributed by atoms with van der Waals surface area (Å²) in [6.45, 7) is 3.04. The molecule has 2 aromatic heterocycles. The van der Waals surface area contributed by atoms with E-state index in [9.17, 15) is 13.2 Å². The molecule has 1 unspecified atom stereocenters. The fourth-order valence-electron chi connectivity index (χ4n) is 4.73. The van der Waals surface area contributed by atoms with E-state index in [0.29, 0.717) is 31.1 Å². The Balaban J connectivity index is 1.28. The average molecular weight is 480 g/mol. The number of carbonyl (C=O) groups excluding carboxylic acids is 1. The van der Waals surface area contributed by atoms with E-state index in [2.05, 4.69) is 15.2 Å². The van der Waals surface area contributed by atoms with Gasteiger partial charge in [-0.2, -0.15) is 4.31 Å². The second kappa shape index (κ2) is 9.68. The van der Waals surface area contributed by atoms with Crippen molar-refractivity contribution >= 4 is 32.7 Å². The normalized spacial score (nSPS) is 19.4. The number of nitrogens with one attached hydrogen (secondary N) is 1. The molecular weight excluding hydrogens is 450 g/mol. The molecule has 1 N–H and O–H groups in total. The Bertz CT molecular complexity index is 1280. The highest BCUT2D eigenvalue weighted by atomic mass is 32.2. The number of carbonyl (C=O) groups is 1. The maximum absolute atomic E-state index is 12.9. The number of nitrogens with zero attached hydrogens (tertiary/aromatic N) is 4. The zero-order valence-electron chi connectivity index (χ0n) is 19.1. The van der Waals surface area contributed by atoms with Crippen molar-refractivity contribution in [2.45, 2.75) is 37.1 Å². The van der Waals surface area contributed by atoms with E-state index in [1.54, 1.807) is 28.7 Å². The molecule has 1 atom stereocenters. The lowest BCUT2D eigenvalue weighted by molar-refractivity contribution is -0.125. The standard InChI is InChI=1S/C25H29N5O3S/c31-25(27-17-21-7-1-2-12-26-21)20-6-5-13-29(18-20)24-11-8-19-16-22(9-10-23(19)28-24)34(32,33)30-14-3-4-15-30/h1-2,7-12,16,20H,3-6,13-15,17-18H2,(H,27,31). The first-order chi connectivity index (χ1) is 16.5. The number of fused-ring (bicyclic) bond motifs is 1. The Kier molecular flexibility index (Phi) is 6.47. The molecule has 2 aliphatic heterocycles. The van der Waals surface area contributed by atoms with Gasteiger partial charge in [0.1, 0.15) is 5.82 Å². The molecule has 3 aromatic rings. The first-order valence-electron chi connectivity index (χ1n) is 11.8. The second-order valence-corrected chi connectivity index (χ2v) is 10.9. The van der Waals surface area contributed by atoms with Gasteiger partial charge in [0, 0.05) is 37.8 Å². The number of anilines is 1. The van der Waals surface area contributed by atoms with Crippen LogP contribution in [-0.4, -0.2) is 54.8 Å². The van der Waals surface area contributed by atoms with Gasteiger partial charge in [0.25, 0.3) is 0 Å². The molecule has 1 aromatic carbocycles. The molecule has 4 heterocycles. The van der Waals surface area contributed by atoms with Gasteiger partial charge in [-0.1, -0.05) is 6.07 Å². The van der Waals surface area contributed by atoms with Crippen LogP contribution in [0.2, 0.25) is 0 Å². The highest BCUT2D eigenvalue weighted by Gasteiger charge is 2.28. The van der Waals surface area contributed by atoms with Crippen LogP contribution in [0, 0.1) is 5.92 Å². The van der Waals surface area contributed by atoms with Crippen molar-refractivity contribution in [2.75, 3.05) is 31.1 Å². The zero-order chi connectivity index (χ0) is 23.5. The largest absolute Gasteiger partial charge is 0.356 e. The molecule has 1 amide bonds. The summed E-state index contributed by atoms with van der Waals surface area (Å²) < 4.78 is 27.3. The average Bonchev–Trinajstić information content (AvgIpc) is 3.43. The van der Waals surface area contributed by atoms with E-state index < -0.39 is 10.0 Å². The molecule has 34 heavy (non-hydrogen) atoms. The van der Waals surface area contributed by atoms with E-state index in [-0.39, 0.29) is 11.8 Å². The van der Waals surface area contributed by atoms with Crippen LogP contribution in [0.5, 0.6) is 0 Å². The predicted octanol–water partition coefficient (Wildman–Crippen LogP) is 2.95. The van der Waals surface area contributed by atoms with Gasteiger partial charge in [-0.25, -0.2) is 13.4 Å². The zero-order valence-corrected chi connectivity index (χ0v) is 19.9. The van der Waals surface area contributed by atoms with Gasteiger partial charge in [0.2, 0.25) is 15.9 Å². The summed E-state index contributed by atoms with van der Waals surface area (Å²) in [6, 6.07) is 14.6. The van der Waals surface area contributed by atoms with Gasteiger partial charge in [-0.05, 0) is 68.1 Å². The molecule has 0 spiro atoms. The third-order valence-corrected chi connectivity index (χ3v) is 8.53. The quantitative estimate of drug-likeness (QED) is 0.584. The SMILES string of the molecule is O=C(NCc1ccccn1)C1CCCN(c2ccc3cc(S(=O)(=O)N4CCCC4)ccc3n2)C1.